The Balaban J connectivity index is 1.08. The second-order valence-electron chi connectivity index (χ2n) is 23.9. The van der Waals surface area contributed by atoms with Crippen molar-refractivity contribution < 1.29 is 104 Å². The summed E-state index contributed by atoms with van der Waals surface area (Å²) in [6.45, 7) is 14.3. The van der Waals surface area contributed by atoms with Crippen LogP contribution in [0.15, 0.2) is 11.6 Å². The first-order chi connectivity index (χ1) is 33.1. The van der Waals surface area contributed by atoms with Crippen LogP contribution in [0, 0.1) is 50.2 Å². The molecule has 0 amide bonds. The van der Waals surface area contributed by atoms with E-state index in [1.165, 1.54) is 19.4 Å². The van der Waals surface area contributed by atoms with Gasteiger partial charge < -0.3 is 89.3 Å². The molecule has 0 radical (unpaired) electrons. The Morgan fingerprint density at radius 1 is 0.662 bits per heavy atom. The number of carbonyl (C=O) groups excluding carboxylic acids is 1. The van der Waals surface area contributed by atoms with E-state index in [2.05, 4.69) is 33.8 Å². The fourth-order valence-corrected chi connectivity index (χ4v) is 15.4. The topological polar surface area (TPSA) is 338 Å². The van der Waals surface area contributed by atoms with E-state index in [4.69, 9.17) is 33.2 Å². The number of hydrogen-bond donors (Lipinski definition) is 11. The van der Waals surface area contributed by atoms with E-state index < -0.39 is 151 Å². The van der Waals surface area contributed by atoms with Crippen molar-refractivity contribution in [3.05, 3.63) is 11.6 Å². The van der Waals surface area contributed by atoms with E-state index in [0.29, 0.717) is 32.1 Å². The third kappa shape index (κ3) is 8.62. The summed E-state index contributed by atoms with van der Waals surface area (Å²) in [6.07, 6.45) is -20.8. The number of ether oxygens (including phenoxy) is 7. The summed E-state index contributed by atoms with van der Waals surface area (Å²) in [5.41, 5.74) is -2.39. The molecule has 21 nitrogen and oxygen atoms in total. The molecule has 0 spiro atoms. The lowest BCUT2D eigenvalue weighted by molar-refractivity contribution is -0.396. The van der Waals surface area contributed by atoms with Gasteiger partial charge in [0.05, 0.1) is 30.8 Å². The Morgan fingerprint density at radius 3 is 1.90 bits per heavy atom. The predicted octanol–water partition coefficient (Wildman–Crippen LogP) is 0.340. The Hall–Kier alpha value is -2.45. The second kappa shape index (κ2) is 19.3. The van der Waals surface area contributed by atoms with Gasteiger partial charge in [-0.25, -0.2) is 4.79 Å². The van der Waals surface area contributed by atoms with Gasteiger partial charge in [0.1, 0.15) is 67.1 Å². The number of aliphatic carboxylic acids is 2. The summed E-state index contributed by atoms with van der Waals surface area (Å²) in [4.78, 5) is 37.9. The standard InChI is InChI=1S/C50H78O21/c1-21-30(54)32(56)36(60)41(65-21)70-38-33(57)31(55)25(19-51)67-42(38)71-39-35(59)34(58)37(40(61)62)69-43(39)68-28-12-13-47(5)26(48(28,6)20-52)11-14-50(8)27(47)10-9-23-24-17-45(3,44(63)64)18-29(66-22(2)53)46(24,4)15-16-49(23,50)7/h9,21,24-39,41-43,51-52,54-60H,10-20H2,1-8H3,(H,61,62)(H,63,64)/t21-,24-,25+,26?,27+,28-,29+,30-,31-,32+,33-,34-,35-,36+,37-,38+,39+,41-,42-,43+,45+,46+,47-,48+,49+,50+/m0/s1. The molecule has 404 valence electrons. The zero-order valence-electron chi connectivity index (χ0n) is 41.9. The van der Waals surface area contributed by atoms with Crippen LogP contribution in [0.3, 0.4) is 0 Å². The number of carboxylic acids is 2. The normalized spacial score (nSPS) is 54.0. The summed E-state index contributed by atoms with van der Waals surface area (Å²) in [5, 5.41) is 119. The molecule has 3 saturated heterocycles. The van der Waals surface area contributed by atoms with Crippen molar-refractivity contribution in [1.29, 1.82) is 0 Å². The van der Waals surface area contributed by atoms with Crippen molar-refractivity contribution in [2.24, 2.45) is 50.2 Å². The van der Waals surface area contributed by atoms with Gasteiger partial charge >= 0.3 is 17.9 Å². The molecule has 0 aromatic rings. The van der Waals surface area contributed by atoms with E-state index in [0.717, 1.165) is 19.3 Å². The van der Waals surface area contributed by atoms with Crippen molar-refractivity contribution in [2.45, 2.75) is 218 Å². The van der Waals surface area contributed by atoms with E-state index in [1.807, 2.05) is 6.92 Å². The highest BCUT2D eigenvalue weighted by atomic mass is 16.8. The van der Waals surface area contributed by atoms with Crippen molar-refractivity contribution in [3.63, 3.8) is 0 Å². The van der Waals surface area contributed by atoms with Crippen LogP contribution < -0.4 is 0 Å². The highest BCUT2D eigenvalue weighted by molar-refractivity contribution is 5.75. The lowest BCUT2D eigenvalue weighted by atomic mass is 9.33. The summed E-state index contributed by atoms with van der Waals surface area (Å²) in [5.74, 6) is -3.23. The molecule has 71 heavy (non-hydrogen) atoms. The maximum atomic E-state index is 12.9. The van der Waals surface area contributed by atoms with E-state index in [-0.39, 0.29) is 41.6 Å². The zero-order valence-corrected chi connectivity index (χ0v) is 41.9. The number of esters is 1. The maximum Gasteiger partial charge on any atom is 0.335 e. The molecule has 3 aliphatic heterocycles. The highest BCUT2D eigenvalue weighted by Crippen LogP contribution is 2.76. The number of carboxylic acid groups (broad SMARTS) is 2. The van der Waals surface area contributed by atoms with E-state index in [9.17, 15) is 70.6 Å². The predicted molar refractivity (Wildman–Crippen MR) is 242 cm³/mol. The molecule has 0 aromatic heterocycles. The van der Waals surface area contributed by atoms with Crippen LogP contribution in [-0.4, -0.2) is 192 Å². The quantitative estimate of drug-likeness (QED) is 0.0755. The molecule has 5 aliphatic carbocycles. The van der Waals surface area contributed by atoms with Crippen LogP contribution in [0.4, 0.5) is 0 Å². The van der Waals surface area contributed by atoms with Crippen molar-refractivity contribution in [3.8, 4) is 0 Å². The monoisotopic (exact) mass is 1010 g/mol. The second-order valence-corrected chi connectivity index (χ2v) is 23.9. The first-order valence-electron chi connectivity index (χ1n) is 25.3. The SMILES string of the molecule is CC(=O)O[C@@H]1C[C@](C)(C(=O)O)C[C@H]2C3=CC[C@@H]4[C@@]5(C)CC[C@H](O[C@@H]6O[C@H](C(=O)O)[C@@H](O)[C@H](O)[C@H]6O[C@@H]6O[C@H](CO)[C@H](O)[C@H](O)[C@H]6O[C@@H]6O[C@@H](C)[C@H](O)[C@@H](O)[C@H]6O)[C@](C)(CO)C5CC[C@@]4(C)[C@]3(C)CC[C@@]12C. The Bertz CT molecular complexity index is 2040. The number of fused-ring (bicyclic) bond motifs is 7. The van der Waals surface area contributed by atoms with Crippen molar-refractivity contribution in [2.75, 3.05) is 13.2 Å². The zero-order chi connectivity index (χ0) is 52.3. The largest absolute Gasteiger partial charge is 0.481 e. The van der Waals surface area contributed by atoms with Gasteiger partial charge in [0.2, 0.25) is 0 Å². The molecule has 3 heterocycles. The maximum absolute atomic E-state index is 12.9. The van der Waals surface area contributed by atoms with Gasteiger partial charge in [0.15, 0.2) is 25.0 Å². The Morgan fingerprint density at radius 2 is 1.30 bits per heavy atom. The number of rotatable bonds is 11. The lowest BCUT2D eigenvalue weighted by Gasteiger charge is -2.71. The van der Waals surface area contributed by atoms with Gasteiger partial charge in [-0.3, -0.25) is 9.59 Å². The first kappa shape index (κ1) is 54.8. The number of carbonyl (C=O) groups is 3. The molecule has 1 unspecified atom stereocenters. The molecule has 0 bridgehead atoms. The highest BCUT2D eigenvalue weighted by Gasteiger charge is 2.71. The smallest absolute Gasteiger partial charge is 0.335 e. The third-order valence-corrected chi connectivity index (χ3v) is 20.1. The summed E-state index contributed by atoms with van der Waals surface area (Å²) >= 11 is 0. The van der Waals surface area contributed by atoms with E-state index >= 15 is 0 Å². The minimum Gasteiger partial charge on any atom is -0.481 e. The average molecular weight is 1020 g/mol. The van der Waals surface area contributed by atoms with Crippen LogP contribution in [0.25, 0.3) is 0 Å². The molecule has 11 N–H and O–H groups in total. The third-order valence-electron chi connectivity index (χ3n) is 20.1. The molecule has 8 rings (SSSR count). The first-order valence-corrected chi connectivity index (χ1v) is 25.3. The van der Waals surface area contributed by atoms with Crippen LogP contribution >= 0.6 is 0 Å². The number of aliphatic hydroxyl groups excluding tert-OH is 9. The van der Waals surface area contributed by atoms with Gasteiger partial charge in [-0.2, -0.15) is 0 Å². The van der Waals surface area contributed by atoms with Gasteiger partial charge in [0.25, 0.3) is 0 Å². The molecule has 7 fully saturated rings. The van der Waals surface area contributed by atoms with Crippen LogP contribution in [0.5, 0.6) is 0 Å². The number of hydrogen-bond acceptors (Lipinski definition) is 19. The van der Waals surface area contributed by atoms with E-state index in [1.54, 1.807) is 6.92 Å². The molecular formula is C50H78O21. The minimum atomic E-state index is -2.11. The van der Waals surface area contributed by atoms with Gasteiger partial charge in [-0.15, -0.1) is 0 Å². The van der Waals surface area contributed by atoms with Crippen LogP contribution in [-0.2, 0) is 47.5 Å². The van der Waals surface area contributed by atoms with Crippen LogP contribution in [0.1, 0.15) is 113 Å². The summed E-state index contributed by atoms with van der Waals surface area (Å²) < 4.78 is 42.1. The fourth-order valence-electron chi connectivity index (χ4n) is 15.4. The molecule has 0 aromatic carbocycles. The van der Waals surface area contributed by atoms with Crippen molar-refractivity contribution >= 4 is 17.9 Å². The molecule has 21 heteroatoms. The minimum absolute atomic E-state index is 0.0911. The molecule has 4 saturated carbocycles. The lowest BCUT2D eigenvalue weighted by Crippen LogP contribution is -2.68. The van der Waals surface area contributed by atoms with Gasteiger partial charge in [-0.05, 0) is 99.2 Å². The number of aliphatic hydroxyl groups is 9. The van der Waals surface area contributed by atoms with Crippen LogP contribution in [0.2, 0.25) is 0 Å². The van der Waals surface area contributed by atoms with Crippen molar-refractivity contribution in [1.82, 2.24) is 0 Å². The molecular weight excluding hydrogens is 937 g/mol. The van der Waals surface area contributed by atoms with Gasteiger partial charge in [-0.1, -0.05) is 46.3 Å². The fraction of sp³-hybridized carbons (Fsp3) is 0.900. The summed E-state index contributed by atoms with van der Waals surface area (Å²) in [6, 6.07) is 0. The Kier molecular flexibility index (Phi) is 14.9. The molecule has 26 atom stereocenters. The van der Waals surface area contributed by atoms with Gasteiger partial charge in [0, 0.05) is 24.2 Å². The number of allylic oxidation sites excluding steroid dienone is 2. The summed E-state index contributed by atoms with van der Waals surface area (Å²) in [7, 11) is 0. The Labute approximate surface area is 413 Å². The molecule has 8 aliphatic rings. The average Bonchev–Trinajstić information content (AvgIpc) is 3.30.